The maximum Gasteiger partial charge on any atom is 0.241 e. The van der Waals surface area contributed by atoms with Crippen LogP contribution in [0.3, 0.4) is 0 Å². The normalized spacial score (nSPS) is 20.6. The fourth-order valence-electron chi connectivity index (χ4n) is 2.64. The van der Waals surface area contributed by atoms with E-state index in [0.717, 1.165) is 24.9 Å². The van der Waals surface area contributed by atoms with Crippen LogP contribution in [0.15, 0.2) is 24.3 Å². The van der Waals surface area contributed by atoms with Crippen LogP contribution in [0.1, 0.15) is 25.3 Å². The molecule has 1 aliphatic rings. The fourth-order valence-corrected chi connectivity index (χ4v) is 2.64. The number of fused-ring (bicyclic) bond motifs is 1. The third-order valence-corrected chi connectivity index (χ3v) is 4.04. The van der Waals surface area contributed by atoms with Crippen LogP contribution in [-0.2, 0) is 11.2 Å². The first-order valence-corrected chi connectivity index (χ1v) is 6.94. The minimum absolute atomic E-state index is 0.0750. The summed E-state index contributed by atoms with van der Waals surface area (Å²) in [5, 5.41) is 3.04. The van der Waals surface area contributed by atoms with E-state index in [9.17, 15) is 4.79 Å². The molecule has 4 nitrogen and oxygen atoms in total. The van der Waals surface area contributed by atoms with Crippen LogP contribution < -0.4 is 11.1 Å². The summed E-state index contributed by atoms with van der Waals surface area (Å²) in [4.78, 5) is 14.5. The third kappa shape index (κ3) is 3.14. The number of hydrogen-bond donors (Lipinski definition) is 2. The smallest absolute Gasteiger partial charge is 0.241 e. The zero-order valence-corrected chi connectivity index (χ0v) is 11.7. The van der Waals surface area contributed by atoms with Gasteiger partial charge in [-0.1, -0.05) is 18.2 Å². The van der Waals surface area contributed by atoms with Gasteiger partial charge in [-0.25, -0.2) is 0 Å². The van der Waals surface area contributed by atoms with Crippen LogP contribution in [0.25, 0.3) is 0 Å². The number of aryl methyl sites for hydroxylation is 1. The molecule has 0 saturated heterocycles. The van der Waals surface area contributed by atoms with Gasteiger partial charge >= 0.3 is 0 Å². The number of amides is 1. The Morgan fingerprint density at radius 2 is 2.21 bits per heavy atom. The molecule has 0 bridgehead atoms. The van der Waals surface area contributed by atoms with Gasteiger partial charge in [0.2, 0.25) is 5.91 Å². The molecule has 0 aromatic heterocycles. The minimum atomic E-state index is -0.0750. The lowest BCUT2D eigenvalue weighted by molar-refractivity contribution is -0.121. The number of nitrogens with two attached hydrogens (primary N) is 1. The highest BCUT2D eigenvalue weighted by atomic mass is 16.2. The van der Waals surface area contributed by atoms with Crippen molar-refractivity contribution in [3.8, 4) is 0 Å². The molecule has 4 heteroatoms. The van der Waals surface area contributed by atoms with Gasteiger partial charge in [0.25, 0.3) is 0 Å². The first kappa shape index (κ1) is 14.0. The van der Waals surface area contributed by atoms with Crippen molar-refractivity contribution in [2.24, 2.45) is 5.73 Å². The molecule has 2 rings (SSSR count). The average Bonchev–Trinajstić information content (AvgIpc) is 2.56. The Morgan fingerprint density at radius 1 is 1.47 bits per heavy atom. The molecule has 2 unspecified atom stereocenters. The molecule has 3 N–H and O–H groups in total. The van der Waals surface area contributed by atoms with Gasteiger partial charge in [0.15, 0.2) is 0 Å². The number of carbonyl (C=O) groups excluding carboxylic acids is 1. The molecule has 2 atom stereocenters. The largest absolute Gasteiger partial charge is 0.330 e. The van der Waals surface area contributed by atoms with Crippen molar-refractivity contribution in [1.82, 2.24) is 4.90 Å². The maximum absolute atomic E-state index is 12.3. The Morgan fingerprint density at radius 3 is 2.95 bits per heavy atom. The highest BCUT2D eigenvalue weighted by Crippen LogP contribution is 2.24. The molecule has 0 fully saturated rings. The molecule has 1 aliphatic heterocycles. The van der Waals surface area contributed by atoms with Crippen molar-refractivity contribution in [2.45, 2.75) is 38.3 Å². The monoisotopic (exact) mass is 261 g/mol. The summed E-state index contributed by atoms with van der Waals surface area (Å²) in [6.07, 6.45) is 2.70. The third-order valence-electron chi connectivity index (χ3n) is 4.04. The topological polar surface area (TPSA) is 58.4 Å². The number of rotatable bonds is 4. The molecule has 0 radical (unpaired) electrons. The number of nitrogens with zero attached hydrogens (tertiary/aromatic N) is 1. The second kappa shape index (κ2) is 6.17. The summed E-state index contributed by atoms with van der Waals surface area (Å²) in [5.74, 6) is 0.0938. The van der Waals surface area contributed by atoms with Gasteiger partial charge in [-0.05, 0) is 51.4 Å². The predicted molar refractivity (Wildman–Crippen MR) is 78.1 cm³/mol. The van der Waals surface area contributed by atoms with Crippen LogP contribution in [0.4, 0.5) is 5.69 Å². The summed E-state index contributed by atoms with van der Waals surface area (Å²) in [5.41, 5.74) is 7.78. The standard InChI is InChI=1S/C15H23N3O/c1-11(9-10-16)18(2)14-8-7-12-5-3-4-6-13(12)17-15(14)19/h3-6,11,14H,7-10,16H2,1-2H3,(H,17,19). The summed E-state index contributed by atoms with van der Waals surface area (Å²) in [6.45, 7) is 2.78. The molecule has 104 valence electrons. The quantitative estimate of drug-likeness (QED) is 0.865. The van der Waals surface area contributed by atoms with Crippen molar-refractivity contribution in [1.29, 1.82) is 0 Å². The van der Waals surface area contributed by atoms with Crippen molar-refractivity contribution in [3.63, 3.8) is 0 Å². The van der Waals surface area contributed by atoms with E-state index in [4.69, 9.17) is 5.73 Å². The fraction of sp³-hybridized carbons (Fsp3) is 0.533. The Hall–Kier alpha value is -1.39. The molecule has 0 aliphatic carbocycles. The predicted octanol–water partition coefficient (Wildman–Crippen LogP) is 1.61. The first-order valence-electron chi connectivity index (χ1n) is 6.94. The molecule has 1 amide bonds. The number of nitrogens with one attached hydrogen (secondary N) is 1. The van der Waals surface area contributed by atoms with Crippen molar-refractivity contribution in [2.75, 3.05) is 18.9 Å². The number of anilines is 1. The average molecular weight is 261 g/mol. The van der Waals surface area contributed by atoms with Gasteiger partial charge in [-0.2, -0.15) is 0 Å². The Balaban J connectivity index is 2.12. The SMILES string of the molecule is CC(CCN)N(C)C1CCc2ccccc2NC1=O. The molecule has 1 heterocycles. The van der Waals surface area contributed by atoms with Crippen LogP contribution in [-0.4, -0.2) is 36.5 Å². The Kier molecular flexibility index (Phi) is 4.56. The highest BCUT2D eigenvalue weighted by molar-refractivity contribution is 5.96. The van der Waals surface area contributed by atoms with E-state index in [1.807, 2.05) is 25.2 Å². The molecule has 1 aromatic carbocycles. The summed E-state index contributed by atoms with van der Waals surface area (Å²) >= 11 is 0. The van der Waals surface area contributed by atoms with E-state index < -0.39 is 0 Å². The number of likely N-dealkylation sites (N-methyl/N-ethyl adjacent to an activating group) is 1. The van der Waals surface area contributed by atoms with Gasteiger partial charge in [0.05, 0.1) is 6.04 Å². The molecular weight excluding hydrogens is 238 g/mol. The van der Waals surface area contributed by atoms with Crippen LogP contribution in [0.5, 0.6) is 0 Å². The maximum atomic E-state index is 12.3. The van der Waals surface area contributed by atoms with Crippen molar-refractivity contribution in [3.05, 3.63) is 29.8 Å². The summed E-state index contributed by atoms with van der Waals surface area (Å²) in [7, 11) is 2.01. The number of benzene rings is 1. The lowest BCUT2D eigenvalue weighted by atomic mass is 10.0. The molecule has 1 aromatic rings. The van der Waals surface area contributed by atoms with E-state index >= 15 is 0 Å². The van der Waals surface area contributed by atoms with Crippen molar-refractivity contribution < 1.29 is 4.79 Å². The highest BCUT2D eigenvalue weighted by Gasteiger charge is 2.28. The molecule has 0 spiro atoms. The second-order valence-corrected chi connectivity index (χ2v) is 5.29. The van der Waals surface area contributed by atoms with Gasteiger partial charge in [-0.3, -0.25) is 9.69 Å². The molecular formula is C15H23N3O. The molecule has 19 heavy (non-hydrogen) atoms. The Labute approximate surface area is 115 Å². The van der Waals surface area contributed by atoms with E-state index in [1.165, 1.54) is 5.56 Å². The first-order chi connectivity index (χ1) is 9.13. The van der Waals surface area contributed by atoms with Crippen LogP contribution in [0.2, 0.25) is 0 Å². The van der Waals surface area contributed by atoms with Gasteiger partial charge < -0.3 is 11.1 Å². The minimum Gasteiger partial charge on any atom is -0.330 e. The van der Waals surface area contributed by atoms with Crippen LogP contribution in [0, 0.1) is 0 Å². The lowest BCUT2D eigenvalue weighted by Gasteiger charge is -2.31. The number of para-hydroxylation sites is 1. The van der Waals surface area contributed by atoms with E-state index in [2.05, 4.69) is 23.2 Å². The zero-order valence-electron chi connectivity index (χ0n) is 11.7. The number of carbonyl (C=O) groups is 1. The van der Waals surface area contributed by atoms with E-state index in [-0.39, 0.29) is 11.9 Å². The second-order valence-electron chi connectivity index (χ2n) is 5.29. The lowest BCUT2D eigenvalue weighted by Crippen LogP contribution is -2.46. The van der Waals surface area contributed by atoms with Crippen LogP contribution >= 0.6 is 0 Å². The summed E-state index contributed by atoms with van der Waals surface area (Å²) < 4.78 is 0. The Bertz CT molecular complexity index is 447. The zero-order chi connectivity index (χ0) is 13.8. The van der Waals surface area contributed by atoms with Gasteiger partial charge in [0, 0.05) is 11.7 Å². The number of hydrogen-bond acceptors (Lipinski definition) is 3. The van der Waals surface area contributed by atoms with E-state index in [1.54, 1.807) is 0 Å². The van der Waals surface area contributed by atoms with Crippen molar-refractivity contribution >= 4 is 11.6 Å². The van der Waals surface area contributed by atoms with E-state index in [0.29, 0.717) is 12.6 Å². The van der Waals surface area contributed by atoms with Gasteiger partial charge in [-0.15, -0.1) is 0 Å². The molecule has 0 saturated carbocycles. The summed E-state index contributed by atoms with van der Waals surface area (Å²) in [6, 6.07) is 8.28. The van der Waals surface area contributed by atoms with Gasteiger partial charge in [0.1, 0.15) is 0 Å².